The Balaban J connectivity index is 2.93. The van der Waals surface area contributed by atoms with Gasteiger partial charge in [0.25, 0.3) is 0 Å². The molecule has 0 spiro atoms. The molecule has 0 amide bonds. The summed E-state index contributed by atoms with van der Waals surface area (Å²) in [6.45, 7) is 5.87. The van der Waals surface area contributed by atoms with E-state index in [1.165, 1.54) is 0 Å². The lowest BCUT2D eigenvalue weighted by molar-refractivity contribution is 0.832. The van der Waals surface area contributed by atoms with Crippen LogP contribution in [-0.2, 0) is 0 Å². The fourth-order valence-electron chi connectivity index (χ4n) is 1.88. The molecule has 0 unspecified atom stereocenters. The molecular weight excluding hydrogens is 248 g/mol. The summed E-state index contributed by atoms with van der Waals surface area (Å²) < 4.78 is 0. The molecule has 1 rings (SSSR count). The van der Waals surface area contributed by atoms with E-state index in [4.69, 9.17) is 0 Å². The molecule has 0 aliphatic rings. The van der Waals surface area contributed by atoms with Gasteiger partial charge in [0.05, 0.1) is 22.5 Å². The SMILES string of the molecule is CCCCNc1cc(C#N)c(NCCCC)cc1C#N. The van der Waals surface area contributed by atoms with Gasteiger partial charge >= 0.3 is 0 Å². The Kier molecular flexibility index (Phi) is 7.00. The van der Waals surface area contributed by atoms with E-state index in [-0.39, 0.29) is 0 Å². The molecule has 0 radical (unpaired) electrons. The molecule has 0 fully saturated rings. The third-order valence-corrected chi connectivity index (χ3v) is 3.09. The first-order chi connectivity index (χ1) is 9.76. The second-order valence-corrected chi connectivity index (χ2v) is 4.73. The number of nitrogens with zero attached hydrogens (tertiary/aromatic N) is 2. The van der Waals surface area contributed by atoms with Crippen molar-refractivity contribution in [3.05, 3.63) is 23.3 Å². The maximum Gasteiger partial charge on any atom is 0.101 e. The molecular formula is C16H22N4. The Morgan fingerprint density at radius 1 is 0.850 bits per heavy atom. The van der Waals surface area contributed by atoms with Crippen LogP contribution in [0.1, 0.15) is 50.7 Å². The maximum absolute atomic E-state index is 9.23. The van der Waals surface area contributed by atoms with Crippen molar-refractivity contribution in [1.82, 2.24) is 0 Å². The highest BCUT2D eigenvalue weighted by molar-refractivity contribution is 5.71. The zero-order valence-corrected chi connectivity index (χ0v) is 12.3. The van der Waals surface area contributed by atoms with Crippen LogP contribution in [0.2, 0.25) is 0 Å². The molecule has 1 aromatic carbocycles. The molecule has 0 aliphatic heterocycles. The van der Waals surface area contributed by atoms with Crippen LogP contribution < -0.4 is 10.6 Å². The second kappa shape index (κ2) is 8.82. The molecule has 4 heteroatoms. The van der Waals surface area contributed by atoms with Crippen molar-refractivity contribution in [3.8, 4) is 12.1 Å². The minimum Gasteiger partial charge on any atom is -0.384 e. The standard InChI is InChI=1S/C16H22N4/c1-3-5-7-19-15-9-14(12-18)16(10-13(15)11-17)20-8-6-4-2/h9-10,19-20H,3-8H2,1-2H3. The number of unbranched alkanes of at least 4 members (excludes halogenated alkanes) is 2. The molecule has 0 aliphatic carbocycles. The molecule has 0 bridgehead atoms. The summed E-state index contributed by atoms with van der Waals surface area (Å²) in [6.07, 6.45) is 4.28. The zero-order valence-electron chi connectivity index (χ0n) is 12.3. The van der Waals surface area contributed by atoms with E-state index in [0.717, 1.165) is 50.1 Å². The van der Waals surface area contributed by atoms with Crippen molar-refractivity contribution in [2.75, 3.05) is 23.7 Å². The van der Waals surface area contributed by atoms with Crippen LogP contribution in [0.25, 0.3) is 0 Å². The van der Waals surface area contributed by atoms with Crippen LogP contribution in [0.15, 0.2) is 12.1 Å². The maximum atomic E-state index is 9.23. The van der Waals surface area contributed by atoms with Gasteiger partial charge in [-0.2, -0.15) is 10.5 Å². The molecule has 0 atom stereocenters. The average molecular weight is 270 g/mol. The van der Waals surface area contributed by atoms with Gasteiger partial charge in [0, 0.05) is 13.1 Å². The molecule has 2 N–H and O–H groups in total. The van der Waals surface area contributed by atoms with Crippen LogP contribution in [0.5, 0.6) is 0 Å². The number of nitriles is 2. The predicted molar refractivity (Wildman–Crippen MR) is 82.7 cm³/mol. The average Bonchev–Trinajstić information content (AvgIpc) is 2.48. The Labute approximate surface area is 121 Å². The number of rotatable bonds is 8. The lowest BCUT2D eigenvalue weighted by Gasteiger charge is -2.12. The molecule has 0 heterocycles. The van der Waals surface area contributed by atoms with Crippen molar-refractivity contribution >= 4 is 11.4 Å². The van der Waals surface area contributed by atoms with Crippen molar-refractivity contribution in [2.45, 2.75) is 39.5 Å². The van der Waals surface area contributed by atoms with Gasteiger partial charge in [-0.15, -0.1) is 0 Å². The number of anilines is 2. The molecule has 0 aromatic heterocycles. The number of hydrogen-bond acceptors (Lipinski definition) is 4. The number of nitrogens with one attached hydrogen (secondary N) is 2. The van der Waals surface area contributed by atoms with Gasteiger partial charge in [0.15, 0.2) is 0 Å². The smallest absolute Gasteiger partial charge is 0.101 e. The molecule has 0 saturated heterocycles. The van der Waals surface area contributed by atoms with E-state index in [1.54, 1.807) is 12.1 Å². The van der Waals surface area contributed by atoms with E-state index < -0.39 is 0 Å². The summed E-state index contributed by atoms with van der Waals surface area (Å²) in [7, 11) is 0. The minimum absolute atomic E-state index is 0.583. The van der Waals surface area contributed by atoms with Crippen molar-refractivity contribution in [3.63, 3.8) is 0 Å². The van der Waals surface area contributed by atoms with Gasteiger partial charge in [-0.05, 0) is 25.0 Å². The van der Waals surface area contributed by atoms with Crippen LogP contribution in [0.3, 0.4) is 0 Å². The first-order valence-corrected chi connectivity index (χ1v) is 7.22. The lowest BCUT2D eigenvalue weighted by atomic mass is 10.1. The first kappa shape index (κ1) is 15.9. The summed E-state index contributed by atoms with van der Waals surface area (Å²) in [5, 5.41) is 24.9. The highest BCUT2D eigenvalue weighted by Crippen LogP contribution is 2.25. The van der Waals surface area contributed by atoms with Crippen LogP contribution in [0, 0.1) is 22.7 Å². The number of benzene rings is 1. The van der Waals surface area contributed by atoms with E-state index in [1.807, 2.05) is 0 Å². The van der Waals surface area contributed by atoms with Gasteiger partial charge in [-0.25, -0.2) is 0 Å². The highest BCUT2D eigenvalue weighted by Gasteiger charge is 2.09. The summed E-state index contributed by atoms with van der Waals surface area (Å²) in [6, 6.07) is 7.92. The molecule has 1 aromatic rings. The minimum atomic E-state index is 0.583. The Bertz CT molecular complexity index is 461. The molecule has 0 saturated carbocycles. The first-order valence-electron chi connectivity index (χ1n) is 7.22. The Morgan fingerprint density at radius 3 is 1.55 bits per heavy atom. The predicted octanol–water partition coefficient (Wildman–Crippen LogP) is 3.85. The molecule has 4 nitrogen and oxygen atoms in total. The summed E-state index contributed by atoms with van der Waals surface area (Å²) >= 11 is 0. The largest absolute Gasteiger partial charge is 0.384 e. The van der Waals surface area contributed by atoms with Gasteiger partial charge < -0.3 is 10.6 Å². The van der Waals surface area contributed by atoms with E-state index in [0.29, 0.717) is 11.1 Å². The fraction of sp³-hybridized carbons (Fsp3) is 0.500. The van der Waals surface area contributed by atoms with Crippen LogP contribution in [-0.4, -0.2) is 13.1 Å². The zero-order chi connectivity index (χ0) is 14.8. The van der Waals surface area contributed by atoms with Gasteiger partial charge in [-0.1, -0.05) is 26.7 Å². The quantitative estimate of drug-likeness (QED) is 0.704. The third kappa shape index (κ3) is 4.48. The lowest BCUT2D eigenvalue weighted by Crippen LogP contribution is -2.07. The summed E-state index contributed by atoms with van der Waals surface area (Å²) in [4.78, 5) is 0. The van der Waals surface area contributed by atoms with E-state index >= 15 is 0 Å². The van der Waals surface area contributed by atoms with Crippen molar-refractivity contribution in [1.29, 1.82) is 10.5 Å². The van der Waals surface area contributed by atoms with Gasteiger partial charge in [-0.3, -0.25) is 0 Å². The third-order valence-electron chi connectivity index (χ3n) is 3.09. The Morgan fingerprint density at radius 2 is 1.25 bits per heavy atom. The normalized spacial score (nSPS) is 9.60. The van der Waals surface area contributed by atoms with E-state index in [2.05, 4.69) is 36.6 Å². The highest BCUT2D eigenvalue weighted by atomic mass is 14.9. The topological polar surface area (TPSA) is 71.6 Å². The van der Waals surface area contributed by atoms with Crippen LogP contribution in [0.4, 0.5) is 11.4 Å². The fourth-order valence-corrected chi connectivity index (χ4v) is 1.88. The van der Waals surface area contributed by atoms with E-state index in [9.17, 15) is 10.5 Å². The molecule has 106 valence electrons. The summed E-state index contributed by atoms with van der Waals surface area (Å²) in [5.74, 6) is 0. The second-order valence-electron chi connectivity index (χ2n) is 4.73. The monoisotopic (exact) mass is 270 g/mol. The molecule has 20 heavy (non-hydrogen) atoms. The van der Waals surface area contributed by atoms with Crippen molar-refractivity contribution < 1.29 is 0 Å². The van der Waals surface area contributed by atoms with Gasteiger partial charge in [0.1, 0.15) is 12.1 Å². The Hall–Kier alpha value is -2.20. The summed E-state index contributed by atoms with van der Waals surface area (Å²) in [5.41, 5.74) is 2.66. The van der Waals surface area contributed by atoms with Crippen LogP contribution >= 0.6 is 0 Å². The number of hydrogen-bond donors (Lipinski definition) is 2. The van der Waals surface area contributed by atoms with Gasteiger partial charge in [0.2, 0.25) is 0 Å². The van der Waals surface area contributed by atoms with Crippen molar-refractivity contribution in [2.24, 2.45) is 0 Å².